The number of hydrogen-bond donors (Lipinski definition) is 0. The molecule has 2 aromatic heterocycles. The number of carbonyl (C=O) groups is 2. The molecule has 0 bridgehead atoms. The summed E-state index contributed by atoms with van der Waals surface area (Å²) in [5.41, 5.74) is 0.752. The fourth-order valence-corrected chi connectivity index (χ4v) is 3.90. The van der Waals surface area contributed by atoms with Gasteiger partial charge in [-0.2, -0.15) is 4.99 Å². The van der Waals surface area contributed by atoms with Crippen molar-refractivity contribution in [1.29, 1.82) is 0 Å². The SMILES string of the molecule is COC(=O)c1ccc2c(c1)sc(=NC(=O)c1cc3ccccc3oc1=O)n2C. The van der Waals surface area contributed by atoms with Gasteiger partial charge in [0.25, 0.3) is 5.91 Å². The third-order valence-electron chi connectivity index (χ3n) is 4.30. The first-order valence-electron chi connectivity index (χ1n) is 8.28. The number of amides is 1. The van der Waals surface area contributed by atoms with Crippen LogP contribution in [0.3, 0.4) is 0 Å². The summed E-state index contributed by atoms with van der Waals surface area (Å²) in [6, 6.07) is 13.5. The first kappa shape index (κ1) is 17.9. The predicted molar refractivity (Wildman–Crippen MR) is 105 cm³/mol. The van der Waals surface area contributed by atoms with E-state index >= 15 is 0 Å². The lowest BCUT2D eigenvalue weighted by molar-refractivity contribution is 0.0600. The third-order valence-corrected chi connectivity index (χ3v) is 5.39. The minimum atomic E-state index is -0.732. The first-order valence-corrected chi connectivity index (χ1v) is 9.09. The molecule has 2 aromatic carbocycles. The van der Waals surface area contributed by atoms with Gasteiger partial charge in [-0.3, -0.25) is 4.79 Å². The topological polar surface area (TPSA) is 90.9 Å². The van der Waals surface area contributed by atoms with Crippen molar-refractivity contribution in [1.82, 2.24) is 4.57 Å². The lowest BCUT2D eigenvalue weighted by atomic mass is 10.2. The fourth-order valence-electron chi connectivity index (χ4n) is 2.84. The molecule has 4 aromatic rings. The Kier molecular flexibility index (Phi) is 4.40. The van der Waals surface area contributed by atoms with Crippen LogP contribution < -0.4 is 10.4 Å². The largest absolute Gasteiger partial charge is 0.465 e. The number of esters is 1. The molecule has 0 aliphatic heterocycles. The smallest absolute Gasteiger partial charge is 0.349 e. The Bertz CT molecular complexity index is 1380. The van der Waals surface area contributed by atoms with Gasteiger partial charge in [-0.15, -0.1) is 0 Å². The summed E-state index contributed by atoms with van der Waals surface area (Å²) < 4.78 is 12.4. The van der Waals surface area contributed by atoms with Gasteiger partial charge < -0.3 is 13.7 Å². The van der Waals surface area contributed by atoms with E-state index in [0.29, 0.717) is 21.3 Å². The lowest BCUT2D eigenvalue weighted by Gasteiger charge is -2.00. The highest BCUT2D eigenvalue weighted by Crippen LogP contribution is 2.19. The molecule has 7 nitrogen and oxygen atoms in total. The second-order valence-electron chi connectivity index (χ2n) is 6.02. The lowest BCUT2D eigenvalue weighted by Crippen LogP contribution is -2.17. The van der Waals surface area contributed by atoms with E-state index in [2.05, 4.69) is 4.99 Å². The number of aryl methyl sites for hydroxylation is 1. The monoisotopic (exact) mass is 394 g/mol. The molecule has 0 atom stereocenters. The van der Waals surface area contributed by atoms with Gasteiger partial charge in [0.05, 0.1) is 22.9 Å². The Morgan fingerprint density at radius 2 is 1.93 bits per heavy atom. The molecule has 28 heavy (non-hydrogen) atoms. The van der Waals surface area contributed by atoms with Gasteiger partial charge in [0.2, 0.25) is 0 Å². The molecule has 0 fully saturated rings. The van der Waals surface area contributed by atoms with Crippen molar-refractivity contribution < 1.29 is 18.7 Å². The van der Waals surface area contributed by atoms with Crippen molar-refractivity contribution in [2.24, 2.45) is 12.0 Å². The number of nitrogens with zero attached hydrogens (tertiary/aromatic N) is 2. The molecule has 0 spiro atoms. The molecule has 8 heteroatoms. The quantitative estimate of drug-likeness (QED) is 0.385. The number of methoxy groups -OCH3 is 1. The fraction of sp³-hybridized carbons (Fsp3) is 0.100. The zero-order chi connectivity index (χ0) is 19.8. The van der Waals surface area contributed by atoms with Crippen LogP contribution in [0.5, 0.6) is 0 Å². The maximum Gasteiger partial charge on any atom is 0.349 e. The zero-order valence-electron chi connectivity index (χ0n) is 15.0. The Morgan fingerprint density at radius 3 is 2.71 bits per heavy atom. The number of ether oxygens (including phenoxy) is 1. The summed E-state index contributed by atoms with van der Waals surface area (Å²) in [4.78, 5) is 41.0. The molecule has 0 radical (unpaired) electrons. The van der Waals surface area contributed by atoms with Gasteiger partial charge in [-0.1, -0.05) is 29.5 Å². The minimum Gasteiger partial charge on any atom is -0.465 e. The normalized spacial score (nSPS) is 11.9. The van der Waals surface area contributed by atoms with Gasteiger partial charge in [0, 0.05) is 12.4 Å². The highest BCUT2D eigenvalue weighted by Gasteiger charge is 2.15. The first-order chi connectivity index (χ1) is 13.5. The molecular formula is C20H14N2O5S. The number of aromatic nitrogens is 1. The maximum atomic E-state index is 12.6. The Hall–Kier alpha value is -3.52. The standard InChI is InChI=1S/C20H14N2O5S/c1-22-14-8-7-12(18(24)26-2)10-16(14)28-20(22)21-17(23)13-9-11-5-3-4-6-15(11)27-19(13)25/h3-10H,1-2H3. The van der Waals surface area contributed by atoms with Crippen molar-refractivity contribution >= 4 is 44.4 Å². The molecule has 0 aliphatic carbocycles. The van der Waals surface area contributed by atoms with E-state index in [1.165, 1.54) is 24.5 Å². The van der Waals surface area contributed by atoms with Gasteiger partial charge in [-0.05, 0) is 30.3 Å². The highest BCUT2D eigenvalue weighted by atomic mass is 32.1. The van der Waals surface area contributed by atoms with Crippen LogP contribution in [0.15, 0.2) is 62.7 Å². The summed E-state index contributed by atoms with van der Waals surface area (Å²) in [5.74, 6) is -1.13. The van der Waals surface area contributed by atoms with Crippen LogP contribution >= 0.6 is 11.3 Å². The number of thiazole rings is 1. The molecule has 0 unspecified atom stereocenters. The molecular weight excluding hydrogens is 380 g/mol. The van der Waals surface area contributed by atoms with E-state index in [1.54, 1.807) is 54.1 Å². The van der Waals surface area contributed by atoms with E-state index in [9.17, 15) is 14.4 Å². The van der Waals surface area contributed by atoms with Crippen molar-refractivity contribution in [3.05, 3.63) is 74.9 Å². The van der Waals surface area contributed by atoms with E-state index in [1.807, 2.05) is 0 Å². The number of fused-ring (bicyclic) bond motifs is 2. The summed E-state index contributed by atoms with van der Waals surface area (Å²) in [7, 11) is 3.07. The van der Waals surface area contributed by atoms with Gasteiger partial charge >= 0.3 is 11.6 Å². The molecule has 0 saturated carbocycles. The van der Waals surface area contributed by atoms with Crippen LogP contribution in [0.2, 0.25) is 0 Å². The van der Waals surface area contributed by atoms with Gasteiger partial charge in [0.15, 0.2) is 4.80 Å². The van der Waals surface area contributed by atoms with E-state index in [0.717, 1.165) is 10.2 Å². The Morgan fingerprint density at radius 1 is 1.14 bits per heavy atom. The van der Waals surface area contributed by atoms with Crippen LogP contribution in [0, 0.1) is 0 Å². The Labute approximate surface area is 162 Å². The van der Waals surface area contributed by atoms with Crippen molar-refractivity contribution in [2.45, 2.75) is 0 Å². The average Bonchev–Trinajstić information content (AvgIpc) is 3.01. The third kappa shape index (κ3) is 3.03. The number of hydrogen-bond acceptors (Lipinski definition) is 6. The Balaban J connectivity index is 1.82. The van der Waals surface area contributed by atoms with Crippen molar-refractivity contribution in [2.75, 3.05) is 7.11 Å². The van der Waals surface area contributed by atoms with Crippen LogP contribution in [-0.2, 0) is 11.8 Å². The van der Waals surface area contributed by atoms with E-state index in [4.69, 9.17) is 9.15 Å². The number of benzene rings is 2. The average molecular weight is 394 g/mol. The summed E-state index contributed by atoms with van der Waals surface area (Å²) >= 11 is 1.23. The van der Waals surface area contributed by atoms with Crippen LogP contribution in [-0.4, -0.2) is 23.6 Å². The molecule has 4 rings (SSSR count). The number of carbonyl (C=O) groups excluding carboxylic acids is 2. The van der Waals surface area contributed by atoms with Crippen LogP contribution in [0.1, 0.15) is 20.7 Å². The minimum absolute atomic E-state index is 0.133. The van der Waals surface area contributed by atoms with E-state index < -0.39 is 17.5 Å². The van der Waals surface area contributed by atoms with Gasteiger partial charge in [0.1, 0.15) is 11.1 Å². The summed E-state index contributed by atoms with van der Waals surface area (Å²) in [6.45, 7) is 0. The number of para-hydroxylation sites is 1. The molecule has 140 valence electrons. The van der Waals surface area contributed by atoms with Gasteiger partial charge in [-0.25, -0.2) is 9.59 Å². The van der Waals surface area contributed by atoms with Crippen molar-refractivity contribution in [3.63, 3.8) is 0 Å². The molecule has 0 aliphatic rings. The number of rotatable bonds is 2. The van der Waals surface area contributed by atoms with Crippen molar-refractivity contribution in [3.8, 4) is 0 Å². The highest BCUT2D eigenvalue weighted by molar-refractivity contribution is 7.16. The van der Waals surface area contributed by atoms with Crippen LogP contribution in [0.25, 0.3) is 21.2 Å². The zero-order valence-corrected chi connectivity index (χ0v) is 15.8. The van der Waals surface area contributed by atoms with Crippen LogP contribution in [0.4, 0.5) is 0 Å². The molecule has 2 heterocycles. The predicted octanol–water partition coefficient (Wildman–Crippen LogP) is 2.87. The second kappa shape index (κ2) is 6.90. The summed E-state index contributed by atoms with van der Waals surface area (Å²) in [5, 5.41) is 0.643. The van der Waals surface area contributed by atoms with E-state index in [-0.39, 0.29) is 5.56 Å². The second-order valence-corrected chi connectivity index (χ2v) is 7.03. The maximum absolute atomic E-state index is 12.6. The molecule has 0 N–H and O–H groups in total. The molecule has 1 amide bonds. The molecule has 0 saturated heterocycles. The summed E-state index contributed by atoms with van der Waals surface area (Å²) in [6.07, 6.45) is 0.